The van der Waals surface area contributed by atoms with Crippen LogP contribution in [0.15, 0.2) is 48.5 Å². The number of methoxy groups -OCH3 is 1. The van der Waals surface area contributed by atoms with Crippen LogP contribution in [0.1, 0.15) is 29.8 Å². The summed E-state index contributed by atoms with van der Waals surface area (Å²) < 4.78 is 10.1. The number of ether oxygens (including phenoxy) is 2. The molecule has 154 valence electrons. The Bertz CT molecular complexity index is 847. The number of benzene rings is 2. The molecule has 0 aliphatic rings. The van der Waals surface area contributed by atoms with E-state index >= 15 is 0 Å². The summed E-state index contributed by atoms with van der Waals surface area (Å²) in [5.41, 5.74) is 1.47. The van der Waals surface area contributed by atoms with Crippen molar-refractivity contribution in [2.24, 2.45) is 5.92 Å². The molecule has 7 heteroatoms. The molecule has 2 aromatic rings. The van der Waals surface area contributed by atoms with Gasteiger partial charge in [-0.15, -0.1) is 0 Å². The van der Waals surface area contributed by atoms with Crippen LogP contribution in [-0.4, -0.2) is 38.0 Å². The van der Waals surface area contributed by atoms with Gasteiger partial charge in [-0.05, 0) is 35.7 Å². The summed E-state index contributed by atoms with van der Waals surface area (Å²) in [6.07, 6.45) is 0.0471. The maximum atomic E-state index is 12.3. The van der Waals surface area contributed by atoms with Crippen molar-refractivity contribution in [2.75, 3.05) is 25.6 Å². The molecule has 7 nitrogen and oxygen atoms in total. The maximum absolute atomic E-state index is 12.3. The number of carbonyl (C=O) groups excluding carboxylic acids is 3. The molecule has 2 amide bonds. The van der Waals surface area contributed by atoms with Gasteiger partial charge in [0.2, 0.25) is 0 Å². The fraction of sp³-hybridized carbons (Fsp3) is 0.318. The molecule has 0 unspecified atom stereocenters. The third kappa shape index (κ3) is 7.29. The third-order valence-corrected chi connectivity index (χ3v) is 3.99. The Hall–Kier alpha value is -3.35. The predicted molar refractivity (Wildman–Crippen MR) is 110 cm³/mol. The summed E-state index contributed by atoms with van der Waals surface area (Å²) in [4.78, 5) is 36.4. The highest BCUT2D eigenvalue weighted by molar-refractivity contribution is 6.04. The van der Waals surface area contributed by atoms with Gasteiger partial charge in [-0.1, -0.05) is 38.1 Å². The Labute approximate surface area is 170 Å². The highest BCUT2D eigenvalue weighted by Gasteiger charge is 2.14. The molecule has 0 fully saturated rings. The Morgan fingerprint density at radius 2 is 1.69 bits per heavy atom. The lowest BCUT2D eigenvalue weighted by molar-refractivity contribution is -0.146. The van der Waals surface area contributed by atoms with Crippen molar-refractivity contribution in [3.8, 4) is 5.75 Å². The number of hydrogen-bond donors (Lipinski definition) is 2. The second kappa shape index (κ2) is 10.8. The van der Waals surface area contributed by atoms with Crippen LogP contribution in [0.2, 0.25) is 0 Å². The van der Waals surface area contributed by atoms with Crippen molar-refractivity contribution >= 4 is 23.5 Å². The number of anilines is 1. The Morgan fingerprint density at radius 1 is 1.00 bits per heavy atom. The standard InChI is InChI=1S/C22H26N2O5/c1-15(2)13-23-22(27)18-6-4-5-7-19(18)24-20(25)14-29-21(26)12-16-8-10-17(28-3)11-9-16/h4-11,15H,12-14H2,1-3H3,(H,23,27)(H,24,25). The zero-order valence-electron chi connectivity index (χ0n) is 16.9. The minimum atomic E-state index is -0.520. The average Bonchev–Trinajstić information content (AvgIpc) is 2.71. The molecule has 0 heterocycles. The molecule has 2 rings (SSSR count). The SMILES string of the molecule is COc1ccc(CC(=O)OCC(=O)Nc2ccccc2C(=O)NCC(C)C)cc1. The third-order valence-electron chi connectivity index (χ3n) is 3.99. The Morgan fingerprint density at radius 3 is 2.34 bits per heavy atom. The van der Waals surface area contributed by atoms with Crippen LogP contribution in [0, 0.1) is 5.92 Å². The smallest absolute Gasteiger partial charge is 0.310 e. The fourth-order valence-electron chi connectivity index (χ4n) is 2.48. The molecule has 0 aromatic heterocycles. The first kappa shape index (κ1) is 21.9. The number of amides is 2. The van der Waals surface area contributed by atoms with E-state index < -0.39 is 18.5 Å². The van der Waals surface area contributed by atoms with Gasteiger partial charge >= 0.3 is 5.97 Å². The van der Waals surface area contributed by atoms with E-state index in [0.717, 1.165) is 5.56 Å². The van der Waals surface area contributed by atoms with Gasteiger partial charge in [-0.2, -0.15) is 0 Å². The van der Waals surface area contributed by atoms with Crippen molar-refractivity contribution in [3.63, 3.8) is 0 Å². The van der Waals surface area contributed by atoms with Gasteiger partial charge in [0.25, 0.3) is 11.8 Å². The zero-order chi connectivity index (χ0) is 21.2. The summed E-state index contributed by atoms with van der Waals surface area (Å²) in [5.74, 6) is -0.306. The molecule has 0 aliphatic heterocycles. The first-order chi connectivity index (χ1) is 13.9. The highest BCUT2D eigenvalue weighted by atomic mass is 16.5. The minimum Gasteiger partial charge on any atom is -0.497 e. The molecule has 0 aliphatic carbocycles. The Balaban J connectivity index is 1.87. The predicted octanol–water partition coefficient (Wildman–Crippen LogP) is 2.81. The van der Waals surface area contributed by atoms with Gasteiger partial charge in [0.15, 0.2) is 6.61 Å². The van der Waals surface area contributed by atoms with E-state index in [1.54, 1.807) is 55.6 Å². The summed E-state index contributed by atoms with van der Waals surface area (Å²) in [6, 6.07) is 13.7. The van der Waals surface area contributed by atoms with E-state index in [-0.39, 0.29) is 12.3 Å². The molecule has 29 heavy (non-hydrogen) atoms. The van der Waals surface area contributed by atoms with Crippen molar-refractivity contribution < 1.29 is 23.9 Å². The molecule has 0 saturated carbocycles. The van der Waals surface area contributed by atoms with E-state index in [1.807, 2.05) is 13.8 Å². The summed E-state index contributed by atoms with van der Waals surface area (Å²) in [6.45, 7) is 4.09. The van der Waals surface area contributed by atoms with Gasteiger partial charge in [0.1, 0.15) is 5.75 Å². The Kier molecular flexibility index (Phi) is 8.21. The van der Waals surface area contributed by atoms with Crippen molar-refractivity contribution in [3.05, 3.63) is 59.7 Å². The van der Waals surface area contributed by atoms with Gasteiger partial charge in [0.05, 0.1) is 24.8 Å². The first-order valence-electron chi connectivity index (χ1n) is 9.34. The van der Waals surface area contributed by atoms with Crippen molar-refractivity contribution in [1.29, 1.82) is 0 Å². The van der Waals surface area contributed by atoms with Crippen LogP contribution in [0.4, 0.5) is 5.69 Å². The lowest BCUT2D eigenvalue weighted by Crippen LogP contribution is -2.29. The van der Waals surface area contributed by atoms with Crippen molar-refractivity contribution in [1.82, 2.24) is 5.32 Å². The largest absolute Gasteiger partial charge is 0.497 e. The van der Waals surface area contributed by atoms with Crippen molar-refractivity contribution in [2.45, 2.75) is 20.3 Å². The number of para-hydroxylation sites is 1. The van der Waals surface area contributed by atoms with E-state index in [0.29, 0.717) is 29.5 Å². The summed E-state index contributed by atoms with van der Waals surface area (Å²) in [5, 5.41) is 5.43. The second-order valence-electron chi connectivity index (χ2n) is 6.88. The normalized spacial score (nSPS) is 10.3. The van der Waals surface area contributed by atoms with Crippen LogP contribution < -0.4 is 15.4 Å². The van der Waals surface area contributed by atoms with Crippen LogP contribution in [0.3, 0.4) is 0 Å². The molecule has 0 bridgehead atoms. The van der Waals surface area contributed by atoms with Gasteiger partial charge in [-0.3, -0.25) is 14.4 Å². The first-order valence-corrected chi connectivity index (χ1v) is 9.34. The summed E-state index contributed by atoms with van der Waals surface area (Å²) >= 11 is 0. The van der Waals surface area contributed by atoms with Gasteiger partial charge in [-0.25, -0.2) is 0 Å². The monoisotopic (exact) mass is 398 g/mol. The molecular weight excluding hydrogens is 372 g/mol. The van der Waals surface area contributed by atoms with E-state index in [2.05, 4.69) is 10.6 Å². The molecule has 0 spiro atoms. The molecule has 2 aromatic carbocycles. The number of carbonyl (C=O) groups is 3. The quantitative estimate of drug-likeness (QED) is 0.634. The lowest BCUT2D eigenvalue weighted by Gasteiger charge is -2.12. The molecule has 2 N–H and O–H groups in total. The van der Waals surface area contributed by atoms with Crippen LogP contribution >= 0.6 is 0 Å². The van der Waals surface area contributed by atoms with Crippen LogP contribution in [-0.2, 0) is 20.7 Å². The topological polar surface area (TPSA) is 93.7 Å². The highest BCUT2D eigenvalue weighted by Crippen LogP contribution is 2.15. The fourth-order valence-corrected chi connectivity index (χ4v) is 2.48. The van der Waals surface area contributed by atoms with E-state index in [4.69, 9.17) is 9.47 Å². The number of rotatable bonds is 9. The zero-order valence-corrected chi connectivity index (χ0v) is 16.9. The molecule has 0 saturated heterocycles. The number of esters is 1. The van der Waals surface area contributed by atoms with E-state index in [9.17, 15) is 14.4 Å². The van der Waals surface area contributed by atoms with Crippen LogP contribution in [0.25, 0.3) is 0 Å². The average molecular weight is 398 g/mol. The molecule has 0 radical (unpaired) electrons. The van der Waals surface area contributed by atoms with E-state index in [1.165, 1.54) is 0 Å². The number of nitrogens with one attached hydrogen (secondary N) is 2. The molecular formula is C22H26N2O5. The van der Waals surface area contributed by atoms with Gasteiger partial charge < -0.3 is 20.1 Å². The van der Waals surface area contributed by atoms with Gasteiger partial charge in [0, 0.05) is 6.54 Å². The van der Waals surface area contributed by atoms with Crippen LogP contribution in [0.5, 0.6) is 5.75 Å². The summed E-state index contributed by atoms with van der Waals surface area (Å²) in [7, 11) is 1.56. The molecule has 0 atom stereocenters. The maximum Gasteiger partial charge on any atom is 0.310 e. The second-order valence-corrected chi connectivity index (χ2v) is 6.88. The minimum absolute atomic E-state index is 0.0471. The number of hydrogen-bond acceptors (Lipinski definition) is 5. The lowest BCUT2D eigenvalue weighted by atomic mass is 10.1.